The van der Waals surface area contributed by atoms with E-state index in [4.69, 9.17) is 0 Å². The zero-order valence-corrected chi connectivity index (χ0v) is 13.2. The second kappa shape index (κ2) is 7.15. The molecule has 1 aromatic heterocycles. The molecule has 20 heavy (non-hydrogen) atoms. The van der Waals surface area contributed by atoms with E-state index in [1.807, 2.05) is 18.5 Å². The summed E-state index contributed by atoms with van der Waals surface area (Å²) in [4.78, 5) is 1.22. The molecule has 2 aromatic rings. The zero-order valence-electron chi connectivity index (χ0n) is 10.8. The van der Waals surface area contributed by atoms with Crippen molar-refractivity contribution in [1.82, 2.24) is 5.32 Å². The van der Waals surface area contributed by atoms with Gasteiger partial charge in [0.05, 0.1) is 0 Å². The van der Waals surface area contributed by atoms with Crippen molar-refractivity contribution in [2.75, 3.05) is 7.05 Å². The minimum absolute atomic E-state index is 0.0572. The van der Waals surface area contributed by atoms with Gasteiger partial charge in [-0.15, -0.1) is 11.3 Å². The molecule has 0 saturated carbocycles. The first kappa shape index (κ1) is 15.4. The lowest BCUT2D eigenvalue weighted by Gasteiger charge is -2.17. The summed E-state index contributed by atoms with van der Waals surface area (Å²) in [6.07, 6.45) is 0.797. The number of hydrogen-bond donors (Lipinski definition) is 1. The van der Waals surface area contributed by atoms with E-state index in [9.17, 15) is 8.78 Å². The Hall–Kier alpha value is -0.980. The largest absolute Gasteiger partial charge is 0.435 e. The summed E-state index contributed by atoms with van der Waals surface area (Å²) >= 11 is 5.09. The Labute approximate surface area is 128 Å². The van der Waals surface area contributed by atoms with E-state index in [0.29, 0.717) is 0 Å². The first-order valence-corrected chi connectivity index (χ1v) is 7.70. The number of thiophene rings is 1. The number of hydrogen-bond acceptors (Lipinski definition) is 3. The fourth-order valence-corrected chi connectivity index (χ4v) is 3.45. The molecule has 1 atom stereocenters. The molecule has 0 aliphatic heterocycles. The van der Waals surface area contributed by atoms with E-state index in [1.54, 1.807) is 23.5 Å². The van der Waals surface area contributed by atoms with E-state index in [2.05, 4.69) is 32.0 Å². The highest BCUT2D eigenvalue weighted by Crippen LogP contribution is 2.27. The van der Waals surface area contributed by atoms with Gasteiger partial charge in [-0.05, 0) is 46.7 Å². The van der Waals surface area contributed by atoms with E-state index in [-0.39, 0.29) is 11.8 Å². The maximum Gasteiger partial charge on any atom is 0.387 e. The second-order valence-electron chi connectivity index (χ2n) is 4.23. The van der Waals surface area contributed by atoms with Crippen LogP contribution in [0.15, 0.2) is 40.2 Å². The lowest BCUT2D eigenvalue weighted by Crippen LogP contribution is -2.18. The van der Waals surface area contributed by atoms with E-state index >= 15 is 0 Å². The molecule has 0 amide bonds. The average Bonchev–Trinajstić information content (AvgIpc) is 2.81. The highest BCUT2D eigenvalue weighted by Gasteiger charge is 2.13. The smallest absolute Gasteiger partial charge is 0.387 e. The van der Waals surface area contributed by atoms with Crippen molar-refractivity contribution >= 4 is 27.3 Å². The maximum absolute atomic E-state index is 12.2. The van der Waals surface area contributed by atoms with Crippen LogP contribution in [0.2, 0.25) is 0 Å². The van der Waals surface area contributed by atoms with E-state index in [0.717, 1.165) is 16.5 Å². The molecule has 0 radical (unpaired) electrons. The summed E-state index contributed by atoms with van der Waals surface area (Å²) in [5.74, 6) is 0.185. The predicted molar refractivity (Wildman–Crippen MR) is 80.6 cm³/mol. The summed E-state index contributed by atoms with van der Waals surface area (Å²) in [5.41, 5.74) is 0.926. The molecule has 0 fully saturated rings. The number of benzene rings is 1. The third kappa shape index (κ3) is 4.26. The van der Waals surface area contributed by atoms with E-state index < -0.39 is 6.61 Å². The Morgan fingerprint density at radius 1 is 1.35 bits per heavy atom. The fourth-order valence-electron chi connectivity index (χ4n) is 1.96. The van der Waals surface area contributed by atoms with Crippen LogP contribution in [0.5, 0.6) is 5.75 Å². The van der Waals surface area contributed by atoms with Gasteiger partial charge in [-0.3, -0.25) is 0 Å². The molecule has 0 aliphatic carbocycles. The summed E-state index contributed by atoms with van der Waals surface area (Å²) in [5, 5.41) is 5.23. The van der Waals surface area contributed by atoms with Gasteiger partial charge in [-0.1, -0.05) is 12.1 Å². The molecule has 0 aliphatic rings. The molecule has 0 spiro atoms. The third-order valence-corrected chi connectivity index (χ3v) is 4.58. The Bertz CT molecular complexity index is 562. The minimum atomic E-state index is -2.80. The molecule has 0 saturated heterocycles. The van der Waals surface area contributed by atoms with Gasteiger partial charge >= 0.3 is 6.61 Å². The van der Waals surface area contributed by atoms with Crippen molar-refractivity contribution in [2.45, 2.75) is 19.1 Å². The highest BCUT2D eigenvalue weighted by molar-refractivity contribution is 9.10. The number of likely N-dealkylation sites (N-methyl/N-ethyl adjacent to an activating group) is 1. The van der Waals surface area contributed by atoms with Crippen LogP contribution in [0, 0.1) is 0 Å². The first-order chi connectivity index (χ1) is 9.58. The van der Waals surface area contributed by atoms with Crippen molar-refractivity contribution in [1.29, 1.82) is 0 Å². The lowest BCUT2D eigenvalue weighted by atomic mass is 10.0. The van der Waals surface area contributed by atoms with Crippen LogP contribution in [0.4, 0.5) is 8.78 Å². The minimum Gasteiger partial charge on any atom is -0.435 e. The molecule has 1 N–H and O–H groups in total. The van der Waals surface area contributed by atoms with Gasteiger partial charge in [-0.2, -0.15) is 8.78 Å². The SMILES string of the molecule is CNC(Cc1cc(Br)cs1)c1cccc(OC(F)F)c1. The monoisotopic (exact) mass is 361 g/mol. The molecule has 2 rings (SSSR count). The highest BCUT2D eigenvalue weighted by atomic mass is 79.9. The Morgan fingerprint density at radius 2 is 2.15 bits per heavy atom. The third-order valence-electron chi connectivity index (χ3n) is 2.86. The van der Waals surface area contributed by atoms with Crippen LogP contribution < -0.4 is 10.1 Å². The van der Waals surface area contributed by atoms with Crippen LogP contribution in [0.3, 0.4) is 0 Å². The summed E-state index contributed by atoms with van der Waals surface area (Å²) in [6, 6.07) is 8.93. The van der Waals surface area contributed by atoms with Gasteiger partial charge in [0.2, 0.25) is 0 Å². The van der Waals surface area contributed by atoms with Crippen molar-refractivity contribution < 1.29 is 13.5 Å². The van der Waals surface area contributed by atoms with Crippen molar-refractivity contribution in [3.05, 3.63) is 50.6 Å². The molecule has 6 heteroatoms. The topological polar surface area (TPSA) is 21.3 Å². The first-order valence-electron chi connectivity index (χ1n) is 6.03. The standard InChI is InChI=1S/C14H14BrF2NOS/c1-18-13(7-12-6-10(15)8-20-12)9-3-2-4-11(5-9)19-14(16)17/h2-6,8,13-14,18H,7H2,1H3. The zero-order chi connectivity index (χ0) is 14.5. The average molecular weight is 362 g/mol. The summed E-state index contributed by atoms with van der Waals surface area (Å²) < 4.78 is 30.0. The number of halogens is 3. The van der Waals surface area contributed by atoms with Gasteiger partial charge in [0.25, 0.3) is 0 Å². The summed E-state index contributed by atoms with van der Waals surface area (Å²) in [6.45, 7) is -2.80. The van der Waals surface area contributed by atoms with E-state index in [1.165, 1.54) is 10.9 Å². The Kier molecular flexibility index (Phi) is 5.51. The maximum atomic E-state index is 12.2. The van der Waals surface area contributed by atoms with Crippen LogP contribution in [0.1, 0.15) is 16.5 Å². The molecule has 0 bridgehead atoms. The molecule has 1 heterocycles. The van der Waals surface area contributed by atoms with Crippen molar-refractivity contribution in [2.24, 2.45) is 0 Å². The number of rotatable bonds is 6. The predicted octanol–water partition coefficient (Wildman–Crippen LogP) is 4.62. The molecule has 1 aromatic carbocycles. The number of alkyl halides is 2. The molecular formula is C14H14BrF2NOS. The van der Waals surface area contributed by atoms with Crippen LogP contribution in [0.25, 0.3) is 0 Å². The molecule has 1 unspecified atom stereocenters. The van der Waals surface area contributed by atoms with Crippen molar-refractivity contribution in [3.63, 3.8) is 0 Å². The van der Waals surface area contributed by atoms with Gasteiger partial charge in [0.15, 0.2) is 0 Å². The van der Waals surface area contributed by atoms with Crippen LogP contribution in [-0.2, 0) is 6.42 Å². The van der Waals surface area contributed by atoms with Gasteiger partial charge < -0.3 is 10.1 Å². The lowest BCUT2D eigenvalue weighted by molar-refractivity contribution is -0.0499. The number of ether oxygens (including phenoxy) is 1. The Morgan fingerprint density at radius 3 is 2.75 bits per heavy atom. The normalized spacial score (nSPS) is 12.7. The van der Waals surface area contributed by atoms with Crippen LogP contribution >= 0.6 is 27.3 Å². The Balaban J connectivity index is 2.14. The number of nitrogens with one attached hydrogen (secondary N) is 1. The second-order valence-corrected chi connectivity index (χ2v) is 6.14. The quantitative estimate of drug-likeness (QED) is 0.810. The van der Waals surface area contributed by atoms with Gasteiger partial charge in [-0.25, -0.2) is 0 Å². The molecular weight excluding hydrogens is 348 g/mol. The fraction of sp³-hybridized carbons (Fsp3) is 0.286. The van der Waals surface area contributed by atoms with Crippen molar-refractivity contribution in [3.8, 4) is 5.75 Å². The molecule has 108 valence electrons. The van der Waals surface area contributed by atoms with Crippen LogP contribution in [-0.4, -0.2) is 13.7 Å². The summed E-state index contributed by atoms with van der Waals surface area (Å²) in [7, 11) is 1.86. The van der Waals surface area contributed by atoms with Gasteiger partial charge in [0.1, 0.15) is 5.75 Å². The van der Waals surface area contributed by atoms with Gasteiger partial charge in [0, 0.05) is 27.2 Å². The molecule has 2 nitrogen and oxygen atoms in total.